The summed E-state index contributed by atoms with van der Waals surface area (Å²) in [7, 11) is -4.36. The number of nitrogens with zero attached hydrogens (tertiary/aromatic N) is 1. The van der Waals surface area contributed by atoms with Crippen LogP contribution in [-0.4, -0.2) is 31.5 Å². The third-order valence-electron chi connectivity index (χ3n) is 2.86. The molecular weight excluding hydrogens is 329 g/mol. The molecule has 0 atom stereocenters. The van der Waals surface area contributed by atoms with Crippen LogP contribution in [0.3, 0.4) is 0 Å². The molecule has 4 nitrogen and oxygen atoms in total. The van der Waals surface area contributed by atoms with Crippen molar-refractivity contribution in [1.29, 1.82) is 0 Å². The third kappa shape index (κ3) is 4.24. The van der Waals surface area contributed by atoms with E-state index in [1.165, 1.54) is 26.8 Å². The largest absolute Gasteiger partial charge is 0.402 e. The van der Waals surface area contributed by atoms with Crippen molar-refractivity contribution in [3.05, 3.63) is 22.7 Å². The number of benzene rings is 1. The monoisotopic (exact) mass is 344 g/mol. The minimum Gasteiger partial charge on any atom is -0.398 e. The number of sulfonamides is 1. The lowest BCUT2D eigenvalue weighted by Crippen LogP contribution is -2.43. The molecule has 21 heavy (non-hydrogen) atoms. The van der Waals surface area contributed by atoms with Crippen LogP contribution in [0, 0.1) is 6.92 Å². The van der Waals surface area contributed by atoms with E-state index in [0.29, 0.717) is 4.31 Å². The first-order valence-corrected chi connectivity index (χ1v) is 7.82. The van der Waals surface area contributed by atoms with Crippen LogP contribution in [0.2, 0.25) is 5.02 Å². The van der Waals surface area contributed by atoms with Gasteiger partial charge in [-0.15, -0.1) is 0 Å². The zero-order chi connectivity index (χ0) is 16.6. The van der Waals surface area contributed by atoms with Crippen molar-refractivity contribution in [1.82, 2.24) is 4.31 Å². The number of nitrogen functional groups attached to an aromatic ring is 1. The second-order valence-electron chi connectivity index (χ2n) is 4.88. The fraction of sp³-hybridized carbons (Fsp3) is 0.500. The molecule has 0 aliphatic rings. The first-order valence-electron chi connectivity index (χ1n) is 6.00. The van der Waals surface area contributed by atoms with Gasteiger partial charge in [0.2, 0.25) is 10.0 Å². The molecule has 0 aliphatic heterocycles. The Labute approximate surface area is 126 Å². The van der Waals surface area contributed by atoms with E-state index in [0.717, 1.165) is 6.07 Å². The van der Waals surface area contributed by atoms with E-state index in [2.05, 4.69) is 0 Å². The lowest BCUT2D eigenvalue weighted by molar-refractivity contribution is -0.138. The third-order valence-corrected chi connectivity index (χ3v) is 5.23. The van der Waals surface area contributed by atoms with E-state index in [1.54, 1.807) is 0 Å². The van der Waals surface area contributed by atoms with E-state index < -0.39 is 28.8 Å². The predicted molar refractivity (Wildman–Crippen MR) is 75.7 cm³/mol. The van der Waals surface area contributed by atoms with E-state index >= 15 is 0 Å². The fourth-order valence-corrected chi connectivity index (χ4v) is 3.99. The summed E-state index contributed by atoms with van der Waals surface area (Å²) in [6.07, 6.45) is -4.64. The molecule has 9 heteroatoms. The SMILES string of the molecule is Cc1c(N)cc(Cl)cc1S(=O)(=O)N(CC(F)(F)F)C(C)C. The second kappa shape index (κ2) is 6.02. The normalized spacial score (nSPS) is 13.2. The molecule has 0 heterocycles. The first-order chi connectivity index (χ1) is 9.36. The summed E-state index contributed by atoms with van der Waals surface area (Å²) in [6, 6.07) is 1.59. The molecule has 0 radical (unpaired) electrons. The van der Waals surface area contributed by atoms with E-state index in [-0.39, 0.29) is 21.2 Å². The summed E-state index contributed by atoms with van der Waals surface area (Å²) in [6.45, 7) is 2.59. The summed E-state index contributed by atoms with van der Waals surface area (Å²) in [4.78, 5) is -0.314. The van der Waals surface area contributed by atoms with Crippen molar-refractivity contribution in [3.63, 3.8) is 0 Å². The Morgan fingerprint density at radius 1 is 1.33 bits per heavy atom. The van der Waals surface area contributed by atoms with Crippen molar-refractivity contribution in [2.45, 2.75) is 37.9 Å². The Balaban J connectivity index is 3.44. The zero-order valence-electron chi connectivity index (χ0n) is 11.7. The summed E-state index contributed by atoms with van der Waals surface area (Å²) in [5.74, 6) is 0. The number of anilines is 1. The van der Waals surface area contributed by atoms with Gasteiger partial charge in [-0.05, 0) is 38.5 Å². The molecular formula is C12H16ClF3N2O2S. The molecule has 0 bridgehead atoms. The molecule has 0 saturated carbocycles. The fourth-order valence-electron chi connectivity index (χ4n) is 1.79. The van der Waals surface area contributed by atoms with Crippen LogP contribution in [0.25, 0.3) is 0 Å². The highest BCUT2D eigenvalue weighted by atomic mass is 35.5. The lowest BCUT2D eigenvalue weighted by Gasteiger charge is -2.27. The van der Waals surface area contributed by atoms with Crippen molar-refractivity contribution >= 4 is 27.3 Å². The highest BCUT2D eigenvalue weighted by Crippen LogP contribution is 2.31. The molecule has 0 saturated heterocycles. The van der Waals surface area contributed by atoms with E-state index in [4.69, 9.17) is 17.3 Å². The minimum atomic E-state index is -4.64. The number of hydrogen-bond acceptors (Lipinski definition) is 3. The Hall–Kier alpha value is -0.990. The molecule has 1 rings (SSSR count). The highest BCUT2D eigenvalue weighted by molar-refractivity contribution is 7.89. The average molecular weight is 345 g/mol. The Bertz CT molecular complexity index is 630. The van der Waals surface area contributed by atoms with Gasteiger partial charge >= 0.3 is 6.18 Å². The maximum absolute atomic E-state index is 12.6. The second-order valence-corrected chi connectivity index (χ2v) is 7.17. The summed E-state index contributed by atoms with van der Waals surface area (Å²) in [5.41, 5.74) is 5.91. The summed E-state index contributed by atoms with van der Waals surface area (Å²) in [5, 5.41) is 0.0485. The number of hydrogen-bond donors (Lipinski definition) is 1. The van der Waals surface area contributed by atoms with Crippen LogP contribution in [0.5, 0.6) is 0 Å². The topological polar surface area (TPSA) is 63.4 Å². The van der Waals surface area contributed by atoms with Gasteiger partial charge in [-0.25, -0.2) is 8.42 Å². The molecule has 0 amide bonds. The summed E-state index contributed by atoms with van der Waals surface area (Å²) < 4.78 is 63.2. The quantitative estimate of drug-likeness (QED) is 0.853. The zero-order valence-corrected chi connectivity index (χ0v) is 13.3. The van der Waals surface area contributed by atoms with Crippen LogP contribution in [0.15, 0.2) is 17.0 Å². The van der Waals surface area contributed by atoms with Gasteiger partial charge in [-0.2, -0.15) is 17.5 Å². The van der Waals surface area contributed by atoms with Crippen molar-refractivity contribution in [3.8, 4) is 0 Å². The van der Waals surface area contributed by atoms with Crippen molar-refractivity contribution < 1.29 is 21.6 Å². The Kier molecular flexibility index (Phi) is 5.18. The number of nitrogens with two attached hydrogens (primary N) is 1. The molecule has 0 aliphatic carbocycles. The Morgan fingerprint density at radius 2 is 1.86 bits per heavy atom. The number of halogens is 4. The van der Waals surface area contributed by atoms with Crippen molar-refractivity contribution in [2.24, 2.45) is 0 Å². The first kappa shape index (κ1) is 18.1. The van der Waals surface area contributed by atoms with Gasteiger partial charge in [0, 0.05) is 16.8 Å². The molecule has 2 N–H and O–H groups in total. The Morgan fingerprint density at radius 3 is 2.29 bits per heavy atom. The van der Waals surface area contributed by atoms with Crippen LogP contribution >= 0.6 is 11.6 Å². The molecule has 1 aromatic carbocycles. The molecule has 0 fully saturated rings. The molecule has 0 spiro atoms. The van der Waals surface area contributed by atoms with E-state index in [9.17, 15) is 21.6 Å². The smallest absolute Gasteiger partial charge is 0.398 e. The maximum atomic E-state index is 12.6. The molecule has 1 aromatic rings. The predicted octanol–water partition coefficient (Wildman–Crippen LogP) is 3.19. The van der Waals surface area contributed by atoms with Gasteiger partial charge < -0.3 is 5.73 Å². The minimum absolute atomic E-state index is 0.0485. The van der Waals surface area contributed by atoms with Gasteiger partial charge in [0.25, 0.3) is 0 Å². The van der Waals surface area contributed by atoms with Gasteiger partial charge in [0.05, 0.1) is 4.90 Å². The van der Waals surface area contributed by atoms with Crippen LogP contribution in [-0.2, 0) is 10.0 Å². The average Bonchev–Trinajstić information content (AvgIpc) is 2.29. The molecule has 0 aromatic heterocycles. The van der Waals surface area contributed by atoms with Crippen LogP contribution in [0.4, 0.5) is 18.9 Å². The number of rotatable bonds is 4. The van der Waals surface area contributed by atoms with E-state index in [1.807, 2.05) is 0 Å². The molecule has 120 valence electrons. The van der Waals surface area contributed by atoms with Crippen molar-refractivity contribution in [2.75, 3.05) is 12.3 Å². The number of alkyl halides is 3. The van der Waals surface area contributed by atoms with Gasteiger partial charge in [-0.3, -0.25) is 0 Å². The highest BCUT2D eigenvalue weighted by Gasteiger charge is 2.39. The lowest BCUT2D eigenvalue weighted by atomic mass is 10.2. The van der Waals surface area contributed by atoms with Crippen LogP contribution < -0.4 is 5.73 Å². The standard InChI is InChI=1S/C12H16ClF3N2O2S/c1-7(2)18(6-12(14,15)16)21(19,20)11-5-9(13)4-10(17)8(11)3/h4-5,7H,6,17H2,1-3H3. The summed E-state index contributed by atoms with van der Waals surface area (Å²) >= 11 is 5.76. The van der Waals surface area contributed by atoms with Gasteiger partial charge in [-0.1, -0.05) is 11.6 Å². The van der Waals surface area contributed by atoms with Gasteiger partial charge in [0.1, 0.15) is 6.54 Å². The van der Waals surface area contributed by atoms with Crippen LogP contribution in [0.1, 0.15) is 19.4 Å². The molecule has 0 unspecified atom stereocenters. The van der Waals surface area contributed by atoms with Gasteiger partial charge in [0.15, 0.2) is 0 Å². The maximum Gasteiger partial charge on any atom is 0.402 e.